The lowest BCUT2D eigenvalue weighted by atomic mass is 10.1. The predicted octanol–water partition coefficient (Wildman–Crippen LogP) is 2.50. The molecule has 0 radical (unpaired) electrons. The second kappa shape index (κ2) is 6.05. The number of nitrogens with two attached hydrogens (primary N) is 1. The summed E-state index contributed by atoms with van der Waals surface area (Å²) in [5.74, 6) is 1.52. The molecule has 0 saturated heterocycles. The minimum absolute atomic E-state index is 0.161. The first-order chi connectivity index (χ1) is 9.51. The zero-order valence-electron chi connectivity index (χ0n) is 12.6. The quantitative estimate of drug-likeness (QED) is 0.909. The lowest BCUT2D eigenvalue weighted by Crippen LogP contribution is -2.21. The van der Waals surface area contributed by atoms with Crippen LogP contribution in [0.1, 0.15) is 30.3 Å². The average Bonchev–Trinajstić information content (AvgIpc) is 2.66. The fourth-order valence-electron chi connectivity index (χ4n) is 2.10. The SMILES string of the molecule is CCC(N)Cc1cncc(Oc2c(C)nn(C)c2C)c1. The molecule has 2 rings (SSSR count). The Labute approximate surface area is 119 Å². The predicted molar refractivity (Wildman–Crippen MR) is 79.0 cm³/mol. The molecule has 2 N–H and O–H groups in total. The topological polar surface area (TPSA) is 66.0 Å². The highest BCUT2D eigenvalue weighted by Crippen LogP contribution is 2.28. The highest BCUT2D eigenvalue weighted by atomic mass is 16.5. The molecule has 0 saturated carbocycles. The number of ether oxygens (including phenoxy) is 1. The van der Waals surface area contributed by atoms with Crippen LogP contribution in [0, 0.1) is 13.8 Å². The third kappa shape index (κ3) is 3.17. The Kier molecular flexibility index (Phi) is 4.39. The van der Waals surface area contributed by atoms with Crippen molar-refractivity contribution in [2.24, 2.45) is 12.8 Å². The van der Waals surface area contributed by atoms with Gasteiger partial charge in [0, 0.05) is 19.3 Å². The Morgan fingerprint density at radius 1 is 1.35 bits per heavy atom. The number of hydrogen-bond acceptors (Lipinski definition) is 4. The van der Waals surface area contributed by atoms with Crippen molar-refractivity contribution in [3.8, 4) is 11.5 Å². The van der Waals surface area contributed by atoms with Gasteiger partial charge >= 0.3 is 0 Å². The maximum absolute atomic E-state index is 5.98. The normalized spacial score (nSPS) is 12.4. The molecule has 2 aromatic heterocycles. The summed E-state index contributed by atoms with van der Waals surface area (Å²) in [6, 6.07) is 2.16. The summed E-state index contributed by atoms with van der Waals surface area (Å²) in [7, 11) is 1.91. The fourth-order valence-corrected chi connectivity index (χ4v) is 2.10. The van der Waals surface area contributed by atoms with E-state index in [4.69, 9.17) is 10.5 Å². The van der Waals surface area contributed by atoms with Crippen LogP contribution in [0.2, 0.25) is 0 Å². The second-order valence-corrected chi connectivity index (χ2v) is 5.13. The molecule has 20 heavy (non-hydrogen) atoms. The monoisotopic (exact) mass is 274 g/mol. The van der Waals surface area contributed by atoms with Gasteiger partial charge in [0.25, 0.3) is 0 Å². The summed E-state index contributed by atoms with van der Waals surface area (Å²) >= 11 is 0. The van der Waals surface area contributed by atoms with E-state index < -0.39 is 0 Å². The first kappa shape index (κ1) is 14.5. The molecular weight excluding hydrogens is 252 g/mol. The first-order valence-electron chi connectivity index (χ1n) is 6.88. The summed E-state index contributed by atoms with van der Waals surface area (Å²) in [5.41, 5.74) is 8.94. The Bertz CT molecular complexity index is 592. The van der Waals surface area contributed by atoms with Crippen molar-refractivity contribution >= 4 is 0 Å². The Balaban J connectivity index is 2.19. The van der Waals surface area contributed by atoms with E-state index in [0.29, 0.717) is 0 Å². The van der Waals surface area contributed by atoms with E-state index in [0.717, 1.165) is 41.3 Å². The van der Waals surface area contributed by atoms with Crippen LogP contribution in [0.5, 0.6) is 11.5 Å². The van der Waals surface area contributed by atoms with Gasteiger partial charge < -0.3 is 10.5 Å². The van der Waals surface area contributed by atoms with Gasteiger partial charge in [0.2, 0.25) is 0 Å². The minimum Gasteiger partial charge on any atom is -0.452 e. The maximum Gasteiger partial charge on any atom is 0.171 e. The van der Waals surface area contributed by atoms with Crippen molar-refractivity contribution in [3.05, 3.63) is 35.4 Å². The smallest absolute Gasteiger partial charge is 0.171 e. The molecular formula is C15H22N4O. The summed E-state index contributed by atoms with van der Waals surface area (Å²) < 4.78 is 7.74. The molecule has 0 aliphatic heterocycles. The van der Waals surface area contributed by atoms with E-state index in [1.807, 2.05) is 37.8 Å². The van der Waals surface area contributed by atoms with E-state index in [9.17, 15) is 0 Å². The second-order valence-electron chi connectivity index (χ2n) is 5.13. The maximum atomic E-state index is 5.98. The summed E-state index contributed by atoms with van der Waals surface area (Å²) in [6.45, 7) is 6.01. The molecule has 2 heterocycles. The largest absolute Gasteiger partial charge is 0.452 e. The van der Waals surface area contributed by atoms with E-state index in [-0.39, 0.29) is 6.04 Å². The highest BCUT2D eigenvalue weighted by molar-refractivity contribution is 5.37. The van der Waals surface area contributed by atoms with Gasteiger partial charge in [-0.15, -0.1) is 0 Å². The molecule has 0 aromatic carbocycles. The Hall–Kier alpha value is -1.88. The lowest BCUT2D eigenvalue weighted by molar-refractivity contribution is 0.470. The molecule has 0 spiro atoms. The fraction of sp³-hybridized carbons (Fsp3) is 0.467. The zero-order valence-corrected chi connectivity index (χ0v) is 12.6. The Morgan fingerprint density at radius 3 is 2.70 bits per heavy atom. The summed E-state index contributed by atoms with van der Waals surface area (Å²) in [4.78, 5) is 4.23. The van der Waals surface area contributed by atoms with E-state index in [1.165, 1.54) is 0 Å². The number of aromatic nitrogens is 3. The Morgan fingerprint density at radius 2 is 2.10 bits per heavy atom. The number of pyridine rings is 1. The van der Waals surface area contributed by atoms with Gasteiger partial charge in [-0.2, -0.15) is 5.10 Å². The van der Waals surface area contributed by atoms with E-state index in [1.54, 1.807) is 6.20 Å². The van der Waals surface area contributed by atoms with Gasteiger partial charge in [-0.1, -0.05) is 6.92 Å². The molecule has 108 valence electrons. The van der Waals surface area contributed by atoms with Gasteiger partial charge in [-0.25, -0.2) is 0 Å². The van der Waals surface area contributed by atoms with Crippen LogP contribution in [0.25, 0.3) is 0 Å². The number of nitrogens with zero attached hydrogens (tertiary/aromatic N) is 3. The summed E-state index contributed by atoms with van der Waals surface area (Å²) in [6.07, 6.45) is 5.32. The van der Waals surface area contributed by atoms with Crippen molar-refractivity contribution < 1.29 is 4.74 Å². The highest BCUT2D eigenvalue weighted by Gasteiger charge is 2.12. The van der Waals surface area contributed by atoms with Crippen molar-refractivity contribution in [3.63, 3.8) is 0 Å². The van der Waals surface area contributed by atoms with Crippen LogP contribution in [0.15, 0.2) is 18.5 Å². The van der Waals surface area contributed by atoms with E-state index in [2.05, 4.69) is 17.0 Å². The van der Waals surface area contributed by atoms with Crippen LogP contribution >= 0.6 is 0 Å². The third-order valence-electron chi connectivity index (χ3n) is 3.45. The molecule has 0 bridgehead atoms. The van der Waals surface area contributed by atoms with Crippen molar-refractivity contribution in [2.45, 2.75) is 39.7 Å². The number of rotatable bonds is 5. The van der Waals surface area contributed by atoms with Crippen molar-refractivity contribution in [1.82, 2.24) is 14.8 Å². The minimum atomic E-state index is 0.161. The molecule has 5 heteroatoms. The molecule has 1 atom stereocenters. The standard InChI is InChI=1S/C15H22N4O/c1-5-13(16)6-12-7-14(9-17-8-12)20-15-10(2)18-19(4)11(15)3/h7-9,13H,5-6,16H2,1-4H3. The molecule has 0 aliphatic rings. The molecule has 2 aromatic rings. The third-order valence-corrected chi connectivity index (χ3v) is 3.45. The van der Waals surface area contributed by atoms with Crippen LogP contribution in [0.4, 0.5) is 0 Å². The van der Waals surface area contributed by atoms with Gasteiger partial charge in [0.15, 0.2) is 5.75 Å². The van der Waals surface area contributed by atoms with Crippen LogP contribution in [-0.2, 0) is 13.5 Å². The molecule has 0 fully saturated rings. The zero-order chi connectivity index (χ0) is 14.7. The molecule has 5 nitrogen and oxygen atoms in total. The summed E-state index contributed by atoms with van der Waals surface area (Å²) in [5, 5.41) is 4.34. The van der Waals surface area contributed by atoms with Crippen molar-refractivity contribution in [2.75, 3.05) is 0 Å². The van der Waals surface area contributed by atoms with E-state index >= 15 is 0 Å². The molecule has 0 amide bonds. The van der Waals surface area contributed by atoms with Crippen LogP contribution in [0.3, 0.4) is 0 Å². The average molecular weight is 274 g/mol. The van der Waals surface area contributed by atoms with Gasteiger partial charge in [0.05, 0.1) is 11.9 Å². The molecule has 0 aliphatic carbocycles. The lowest BCUT2D eigenvalue weighted by Gasteiger charge is -2.10. The molecule has 1 unspecified atom stereocenters. The van der Waals surface area contributed by atoms with Crippen LogP contribution < -0.4 is 10.5 Å². The van der Waals surface area contributed by atoms with Gasteiger partial charge in [-0.05, 0) is 38.3 Å². The van der Waals surface area contributed by atoms with Crippen LogP contribution in [-0.4, -0.2) is 20.8 Å². The number of hydrogen-bond donors (Lipinski definition) is 1. The van der Waals surface area contributed by atoms with Gasteiger partial charge in [-0.3, -0.25) is 9.67 Å². The number of aryl methyl sites for hydroxylation is 2. The van der Waals surface area contributed by atoms with Crippen molar-refractivity contribution in [1.29, 1.82) is 0 Å². The first-order valence-corrected chi connectivity index (χ1v) is 6.88. The van der Waals surface area contributed by atoms with Gasteiger partial charge in [0.1, 0.15) is 11.4 Å².